The van der Waals surface area contributed by atoms with E-state index < -0.39 is 17.7 Å². The van der Waals surface area contributed by atoms with Gasteiger partial charge in [-0.2, -0.15) is 18.3 Å². The average Bonchev–Trinajstić information content (AvgIpc) is 2.89. The number of hydrogen-bond acceptors (Lipinski definition) is 2. The number of halogens is 3. The van der Waals surface area contributed by atoms with Crippen LogP contribution in [-0.4, -0.2) is 21.3 Å². The summed E-state index contributed by atoms with van der Waals surface area (Å²) in [7, 11) is 0. The summed E-state index contributed by atoms with van der Waals surface area (Å²) in [5, 5.41) is 15.9. The first-order valence-corrected chi connectivity index (χ1v) is 6.26. The average molecular weight is 306 g/mol. The molecule has 0 unspecified atom stereocenters. The number of nitrogens with zero attached hydrogens (tertiary/aromatic N) is 1. The maximum Gasteiger partial charge on any atom is 0.417 e. The molecule has 0 fully saturated rings. The van der Waals surface area contributed by atoms with Crippen LogP contribution in [0, 0.1) is 0 Å². The molecule has 7 heteroatoms. The molecule has 0 saturated carbocycles. The monoisotopic (exact) mass is 306 g/mol. The summed E-state index contributed by atoms with van der Waals surface area (Å²) in [4.78, 5) is 11.0. The van der Waals surface area contributed by atoms with Crippen LogP contribution in [0.4, 0.5) is 13.2 Å². The minimum atomic E-state index is -4.52. The second kappa shape index (κ2) is 4.87. The highest BCUT2D eigenvalue weighted by Gasteiger charge is 2.34. The summed E-state index contributed by atoms with van der Waals surface area (Å²) >= 11 is 0. The van der Waals surface area contributed by atoms with Crippen molar-refractivity contribution >= 4 is 16.9 Å². The minimum absolute atomic E-state index is 0.0142. The number of carboxylic acid groups (broad SMARTS) is 1. The van der Waals surface area contributed by atoms with E-state index >= 15 is 0 Å². The first kappa shape index (κ1) is 14.1. The molecule has 22 heavy (non-hydrogen) atoms. The summed E-state index contributed by atoms with van der Waals surface area (Å²) < 4.78 is 39.3. The molecular formula is C15H9F3N2O2. The Labute approximate surface area is 122 Å². The fourth-order valence-electron chi connectivity index (χ4n) is 2.29. The number of aromatic carboxylic acids is 1. The van der Waals surface area contributed by atoms with E-state index in [2.05, 4.69) is 10.2 Å². The number of fused-ring (bicyclic) bond motifs is 1. The number of rotatable bonds is 2. The van der Waals surface area contributed by atoms with Crippen molar-refractivity contribution in [3.8, 4) is 11.3 Å². The number of aromatic amines is 1. The smallest absolute Gasteiger partial charge is 0.417 e. The summed E-state index contributed by atoms with van der Waals surface area (Å²) in [6.45, 7) is 0. The van der Waals surface area contributed by atoms with Gasteiger partial charge in [-0.25, -0.2) is 4.79 Å². The Kier molecular flexibility index (Phi) is 3.13. The van der Waals surface area contributed by atoms with Gasteiger partial charge in [-0.05, 0) is 24.3 Å². The normalized spacial score (nSPS) is 11.8. The molecule has 0 radical (unpaired) electrons. The molecule has 0 bridgehead atoms. The molecule has 3 rings (SSSR count). The van der Waals surface area contributed by atoms with E-state index in [9.17, 15) is 18.0 Å². The molecule has 2 aromatic carbocycles. The number of aromatic nitrogens is 2. The molecule has 0 aliphatic carbocycles. The molecule has 1 aromatic heterocycles. The molecule has 0 aliphatic rings. The van der Waals surface area contributed by atoms with E-state index in [0.29, 0.717) is 10.9 Å². The van der Waals surface area contributed by atoms with Gasteiger partial charge in [-0.3, -0.25) is 5.10 Å². The Morgan fingerprint density at radius 1 is 1.14 bits per heavy atom. The van der Waals surface area contributed by atoms with Crippen molar-refractivity contribution in [1.82, 2.24) is 10.2 Å². The molecule has 3 aromatic rings. The highest BCUT2D eigenvalue weighted by Crippen LogP contribution is 2.38. The highest BCUT2D eigenvalue weighted by atomic mass is 19.4. The number of H-pyrrole nitrogens is 1. The van der Waals surface area contributed by atoms with Crippen LogP contribution in [0.3, 0.4) is 0 Å². The Hall–Kier alpha value is -2.83. The Morgan fingerprint density at radius 3 is 2.55 bits per heavy atom. The molecule has 2 N–H and O–H groups in total. The second-order valence-electron chi connectivity index (χ2n) is 4.68. The first-order chi connectivity index (χ1) is 10.4. The second-order valence-corrected chi connectivity index (χ2v) is 4.68. The van der Waals surface area contributed by atoms with E-state index in [1.165, 1.54) is 36.4 Å². The standard InChI is InChI=1S/C15H9F3N2O2/c16-15(17,18)11-4-2-1-3-9(11)13-10-7-8(14(21)22)5-6-12(10)19-20-13/h1-7H,(H,19,20)(H,21,22). The molecule has 0 amide bonds. The zero-order valence-electron chi connectivity index (χ0n) is 11.0. The SMILES string of the molecule is O=C(O)c1ccc2[nH]nc(-c3ccccc3C(F)(F)F)c2c1. The van der Waals surface area contributed by atoms with Crippen LogP contribution in [0.5, 0.6) is 0 Å². The van der Waals surface area contributed by atoms with Gasteiger partial charge in [0.2, 0.25) is 0 Å². The third kappa shape index (κ3) is 2.30. The number of hydrogen-bond donors (Lipinski definition) is 2. The highest BCUT2D eigenvalue weighted by molar-refractivity contribution is 5.99. The van der Waals surface area contributed by atoms with Crippen LogP contribution < -0.4 is 0 Å². The van der Waals surface area contributed by atoms with Crippen LogP contribution in [0.2, 0.25) is 0 Å². The van der Waals surface area contributed by atoms with Crippen molar-refractivity contribution in [3.05, 3.63) is 53.6 Å². The van der Waals surface area contributed by atoms with Gasteiger partial charge in [0.1, 0.15) is 5.69 Å². The molecule has 0 atom stereocenters. The number of alkyl halides is 3. The Morgan fingerprint density at radius 2 is 1.86 bits per heavy atom. The fraction of sp³-hybridized carbons (Fsp3) is 0.0667. The van der Waals surface area contributed by atoms with Gasteiger partial charge in [0.25, 0.3) is 0 Å². The van der Waals surface area contributed by atoms with E-state index in [1.807, 2.05) is 0 Å². The summed E-state index contributed by atoms with van der Waals surface area (Å²) in [6, 6.07) is 9.20. The van der Waals surface area contributed by atoms with Crippen LogP contribution in [0.1, 0.15) is 15.9 Å². The van der Waals surface area contributed by atoms with E-state index in [4.69, 9.17) is 5.11 Å². The fourth-order valence-corrected chi connectivity index (χ4v) is 2.29. The van der Waals surface area contributed by atoms with E-state index in [-0.39, 0.29) is 16.8 Å². The minimum Gasteiger partial charge on any atom is -0.478 e. The van der Waals surface area contributed by atoms with Crippen LogP contribution in [0.25, 0.3) is 22.2 Å². The summed E-state index contributed by atoms with van der Waals surface area (Å²) in [6.07, 6.45) is -4.52. The molecule has 1 heterocycles. The number of carbonyl (C=O) groups is 1. The zero-order valence-corrected chi connectivity index (χ0v) is 11.0. The van der Waals surface area contributed by atoms with Gasteiger partial charge in [-0.15, -0.1) is 0 Å². The van der Waals surface area contributed by atoms with Gasteiger partial charge in [0, 0.05) is 10.9 Å². The predicted octanol–water partition coefficient (Wildman–Crippen LogP) is 3.95. The quantitative estimate of drug-likeness (QED) is 0.753. The third-order valence-electron chi connectivity index (χ3n) is 3.30. The lowest BCUT2D eigenvalue weighted by atomic mass is 10.0. The molecule has 0 saturated heterocycles. The summed E-state index contributed by atoms with van der Waals surface area (Å²) in [5.74, 6) is -1.15. The lowest BCUT2D eigenvalue weighted by Gasteiger charge is -2.11. The summed E-state index contributed by atoms with van der Waals surface area (Å²) in [5.41, 5.74) is -0.379. The Balaban J connectivity index is 2.27. The molecule has 0 spiro atoms. The van der Waals surface area contributed by atoms with Crippen molar-refractivity contribution in [2.24, 2.45) is 0 Å². The van der Waals surface area contributed by atoms with Crippen molar-refractivity contribution in [2.45, 2.75) is 6.18 Å². The molecule has 0 aliphatic heterocycles. The lowest BCUT2D eigenvalue weighted by Crippen LogP contribution is -2.07. The van der Waals surface area contributed by atoms with Gasteiger partial charge in [0.05, 0.1) is 16.6 Å². The van der Waals surface area contributed by atoms with Crippen molar-refractivity contribution in [3.63, 3.8) is 0 Å². The van der Waals surface area contributed by atoms with Crippen molar-refractivity contribution < 1.29 is 23.1 Å². The predicted molar refractivity (Wildman–Crippen MR) is 73.5 cm³/mol. The van der Waals surface area contributed by atoms with Gasteiger partial charge in [0.15, 0.2) is 0 Å². The number of carboxylic acids is 1. The van der Waals surface area contributed by atoms with Crippen LogP contribution in [0.15, 0.2) is 42.5 Å². The van der Waals surface area contributed by atoms with Crippen molar-refractivity contribution in [2.75, 3.05) is 0 Å². The molecule has 4 nitrogen and oxygen atoms in total. The molecule has 112 valence electrons. The lowest BCUT2D eigenvalue weighted by molar-refractivity contribution is -0.137. The maximum absolute atomic E-state index is 13.1. The van der Waals surface area contributed by atoms with Crippen LogP contribution >= 0.6 is 0 Å². The zero-order chi connectivity index (χ0) is 15.9. The van der Waals surface area contributed by atoms with E-state index in [0.717, 1.165) is 6.07 Å². The topological polar surface area (TPSA) is 66.0 Å². The van der Waals surface area contributed by atoms with Gasteiger partial charge >= 0.3 is 12.1 Å². The van der Waals surface area contributed by atoms with Gasteiger partial charge in [-0.1, -0.05) is 18.2 Å². The molecular weight excluding hydrogens is 297 g/mol. The van der Waals surface area contributed by atoms with E-state index in [1.54, 1.807) is 0 Å². The number of benzene rings is 2. The van der Waals surface area contributed by atoms with Crippen molar-refractivity contribution in [1.29, 1.82) is 0 Å². The third-order valence-corrected chi connectivity index (χ3v) is 3.30. The first-order valence-electron chi connectivity index (χ1n) is 6.26. The Bertz CT molecular complexity index is 869. The van der Waals surface area contributed by atoms with Gasteiger partial charge < -0.3 is 5.11 Å². The van der Waals surface area contributed by atoms with Crippen LogP contribution in [-0.2, 0) is 6.18 Å². The largest absolute Gasteiger partial charge is 0.478 e. The maximum atomic E-state index is 13.1. The number of nitrogens with one attached hydrogen (secondary N) is 1.